The average molecular weight is 343 g/mol. The molecule has 25 heavy (non-hydrogen) atoms. The van der Waals surface area contributed by atoms with Crippen molar-refractivity contribution in [3.63, 3.8) is 0 Å². The van der Waals surface area contributed by atoms with E-state index >= 15 is 0 Å². The third-order valence-corrected chi connectivity index (χ3v) is 4.10. The van der Waals surface area contributed by atoms with Crippen LogP contribution in [0.25, 0.3) is 0 Å². The predicted octanol–water partition coefficient (Wildman–Crippen LogP) is 4.17. The molecule has 1 atom stereocenters. The number of ether oxygens (including phenoxy) is 3. The van der Waals surface area contributed by atoms with Gasteiger partial charge in [0.1, 0.15) is 5.75 Å². The maximum Gasteiger partial charge on any atom is 0.161 e. The van der Waals surface area contributed by atoms with Gasteiger partial charge in [-0.1, -0.05) is 25.1 Å². The molecule has 0 radical (unpaired) electrons. The fourth-order valence-corrected chi connectivity index (χ4v) is 2.80. The van der Waals surface area contributed by atoms with Crippen LogP contribution in [0.4, 0.5) is 0 Å². The highest BCUT2D eigenvalue weighted by atomic mass is 16.5. The van der Waals surface area contributed by atoms with Gasteiger partial charge in [0.2, 0.25) is 0 Å². The van der Waals surface area contributed by atoms with Crippen LogP contribution in [0, 0.1) is 0 Å². The fourth-order valence-electron chi connectivity index (χ4n) is 2.80. The van der Waals surface area contributed by atoms with Crippen molar-refractivity contribution in [2.75, 3.05) is 26.9 Å². The molecule has 2 aromatic rings. The maximum atomic E-state index is 6.04. The second kappa shape index (κ2) is 9.94. The lowest BCUT2D eigenvalue weighted by atomic mass is 9.92. The largest absolute Gasteiger partial charge is 0.497 e. The zero-order chi connectivity index (χ0) is 18.1. The summed E-state index contributed by atoms with van der Waals surface area (Å²) in [5.74, 6) is 2.69. The lowest BCUT2D eigenvalue weighted by Crippen LogP contribution is -2.15. The van der Waals surface area contributed by atoms with E-state index in [0.29, 0.717) is 19.8 Å². The van der Waals surface area contributed by atoms with Gasteiger partial charge in [-0.05, 0) is 61.7 Å². The third-order valence-electron chi connectivity index (χ3n) is 4.10. The summed E-state index contributed by atoms with van der Waals surface area (Å²) in [7, 11) is 1.68. The Bertz CT molecular complexity index is 657. The van der Waals surface area contributed by atoms with Gasteiger partial charge in [-0.25, -0.2) is 0 Å². The first-order valence-corrected chi connectivity index (χ1v) is 8.94. The molecule has 0 aliphatic rings. The number of hydrogen-bond donors (Lipinski definition) is 1. The molecule has 4 nitrogen and oxygen atoms in total. The summed E-state index contributed by atoms with van der Waals surface area (Å²) < 4.78 is 16.9. The second-order valence-corrected chi connectivity index (χ2v) is 5.98. The second-order valence-electron chi connectivity index (χ2n) is 5.98. The van der Waals surface area contributed by atoms with Crippen LogP contribution < -0.4 is 19.9 Å². The Labute approximate surface area is 150 Å². The minimum absolute atomic E-state index is 0.229. The van der Waals surface area contributed by atoms with E-state index in [9.17, 15) is 0 Å². The minimum Gasteiger partial charge on any atom is -0.497 e. The molecule has 0 aliphatic heterocycles. The van der Waals surface area contributed by atoms with Gasteiger partial charge >= 0.3 is 0 Å². The van der Waals surface area contributed by atoms with Crippen molar-refractivity contribution < 1.29 is 14.2 Å². The molecule has 0 saturated carbocycles. The van der Waals surface area contributed by atoms with E-state index in [1.165, 1.54) is 11.1 Å². The summed E-state index contributed by atoms with van der Waals surface area (Å²) in [6, 6.07) is 14.3. The quantitative estimate of drug-likeness (QED) is 0.703. The van der Waals surface area contributed by atoms with Gasteiger partial charge < -0.3 is 19.9 Å². The Kier molecular flexibility index (Phi) is 7.61. The summed E-state index contributed by atoms with van der Waals surface area (Å²) in [5, 5.41) is 0. The van der Waals surface area contributed by atoms with Crippen molar-refractivity contribution in [1.29, 1.82) is 0 Å². The summed E-state index contributed by atoms with van der Waals surface area (Å²) in [6.07, 6.45) is 1.82. The van der Waals surface area contributed by atoms with E-state index in [-0.39, 0.29) is 5.92 Å². The van der Waals surface area contributed by atoms with E-state index in [0.717, 1.165) is 30.1 Å². The zero-order valence-corrected chi connectivity index (χ0v) is 15.5. The molecule has 0 bridgehead atoms. The van der Waals surface area contributed by atoms with Gasteiger partial charge in [0.05, 0.1) is 20.3 Å². The van der Waals surface area contributed by atoms with Crippen LogP contribution in [0.2, 0.25) is 0 Å². The molecule has 2 rings (SSSR count). The van der Waals surface area contributed by atoms with Crippen molar-refractivity contribution in [3.8, 4) is 17.2 Å². The van der Waals surface area contributed by atoms with E-state index in [2.05, 4.69) is 31.2 Å². The van der Waals surface area contributed by atoms with Crippen molar-refractivity contribution >= 4 is 0 Å². The van der Waals surface area contributed by atoms with E-state index in [1.54, 1.807) is 7.11 Å². The van der Waals surface area contributed by atoms with Crippen LogP contribution in [0.1, 0.15) is 37.3 Å². The molecule has 0 heterocycles. The molecule has 0 aromatic heterocycles. The van der Waals surface area contributed by atoms with Crippen molar-refractivity contribution in [2.45, 2.75) is 32.6 Å². The zero-order valence-electron chi connectivity index (χ0n) is 15.5. The topological polar surface area (TPSA) is 53.7 Å². The molecule has 0 amide bonds. The molecule has 0 spiro atoms. The maximum absolute atomic E-state index is 6.04. The molecule has 2 N–H and O–H groups in total. The highest BCUT2D eigenvalue weighted by Gasteiger charge is 2.14. The van der Waals surface area contributed by atoms with Gasteiger partial charge in [-0.15, -0.1) is 0 Å². The summed E-state index contributed by atoms with van der Waals surface area (Å²) >= 11 is 0. The monoisotopic (exact) mass is 343 g/mol. The highest BCUT2D eigenvalue weighted by molar-refractivity contribution is 5.44. The van der Waals surface area contributed by atoms with Crippen LogP contribution in [-0.2, 0) is 6.42 Å². The lowest BCUT2D eigenvalue weighted by molar-refractivity contribution is 0.276. The highest BCUT2D eigenvalue weighted by Crippen LogP contribution is 2.31. The molecule has 4 heteroatoms. The fraction of sp³-hybridized carbons (Fsp3) is 0.429. The van der Waals surface area contributed by atoms with Crippen LogP contribution in [0.15, 0.2) is 42.5 Å². The normalized spacial score (nSPS) is 11.8. The number of benzene rings is 2. The molecular formula is C21H29NO3. The van der Waals surface area contributed by atoms with Gasteiger partial charge in [-0.2, -0.15) is 0 Å². The van der Waals surface area contributed by atoms with Crippen LogP contribution in [0.3, 0.4) is 0 Å². The summed E-state index contributed by atoms with van der Waals surface area (Å²) in [5.41, 5.74) is 8.41. The molecule has 0 saturated heterocycles. The molecule has 2 aromatic carbocycles. The molecule has 136 valence electrons. The van der Waals surface area contributed by atoms with Gasteiger partial charge in [0.15, 0.2) is 11.5 Å². The summed E-state index contributed by atoms with van der Waals surface area (Å²) in [6.45, 7) is 5.95. The summed E-state index contributed by atoms with van der Waals surface area (Å²) in [4.78, 5) is 0. The SMILES string of the molecule is CCCOc1ccc(CC(CN)c2cccc(OC)c2)cc1OCC. The van der Waals surface area contributed by atoms with E-state index in [4.69, 9.17) is 19.9 Å². The Morgan fingerprint density at radius 3 is 2.52 bits per heavy atom. The Hall–Kier alpha value is -2.20. The van der Waals surface area contributed by atoms with Crippen molar-refractivity contribution in [3.05, 3.63) is 53.6 Å². The molecule has 0 aliphatic carbocycles. The van der Waals surface area contributed by atoms with Gasteiger partial charge in [0.25, 0.3) is 0 Å². The molecule has 0 fully saturated rings. The molecule has 1 unspecified atom stereocenters. The van der Waals surface area contributed by atoms with E-state index in [1.807, 2.05) is 25.1 Å². The minimum atomic E-state index is 0.229. The average Bonchev–Trinajstić information content (AvgIpc) is 2.65. The Morgan fingerprint density at radius 1 is 1.00 bits per heavy atom. The van der Waals surface area contributed by atoms with Crippen molar-refractivity contribution in [2.24, 2.45) is 5.73 Å². The van der Waals surface area contributed by atoms with Crippen molar-refractivity contribution in [1.82, 2.24) is 0 Å². The standard InChI is InChI=1S/C21H29NO3/c1-4-11-25-20-10-9-16(13-21(20)24-5-2)12-18(15-22)17-7-6-8-19(14-17)23-3/h6-10,13-14,18H,4-5,11-12,15,22H2,1-3H3. The Balaban J connectivity index is 2.19. The van der Waals surface area contributed by atoms with Crippen LogP contribution >= 0.6 is 0 Å². The Morgan fingerprint density at radius 2 is 1.84 bits per heavy atom. The van der Waals surface area contributed by atoms with Gasteiger partial charge in [-0.3, -0.25) is 0 Å². The number of hydrogen-bond acceptors (Lipinski definition) is 4. The van der Waals surface area contributed by atoms with Crippen LogP contribution in [0.5, 0.6) is 17.2 Å². The first kappa shape index (κ1) is 19.1. The number of methoxy groups -OCH3 is 1. The predicted molar refractivity (Wildman–Crippen MR) is 102 cm³/mol. The first-order chi connectivity index (χ1) is 12.2. The number of rotatable bonds is 10. The van der Waals surface area contributed by atoms with Crippen LogP contribution in [-0.4, -0.2) is 26.9 Å². The number of nitrogens with two attached hydrogens (primary N) is 1. The van der Waals surface area contributed by atoms with E-state index < -0.39 is 0 Å². The van der Waals surface area contributed by atoms with Gasteiger partial charge in [0, 0.05) is 5.92 Å². The lowest BCUT2D eigenvalue weighted by Gasteiger charge is -2.18. The smallest absolute Gasteiger partial charge is 0.161 e. The first-order valence-electron chi connectivity index (χ1n) is 8.94. The third kappa shape index (κ3) is 5.40. The molecular weight excluding hydrogens is 314 g/mol.